The molecule has 0 spiro atoms. The quantitative estimate of drug-likeness (QED) is 0.743. The van der Waals surface area contributed by atoms with Crippen molar-refractivity contribution in [3.8, 4) is 11.1 Å². The van der Waals surface area contributed by atoms with Crippen LogP contribution in [0, 0.1) is 5.82 Å². The highest BCUT2D eigenvalue weighted by Gasteiger charge is 2.07. The van der Waals surface area contributed by atoms with Crippen molar-refractivity contribution in [1.29, 1.82) is 0 Å². The molecule has 0 saturated heterocycles. The van der Waals surface area contributed by atoms with Gasteiger partial charge in [0.1, 0.15) is 11.5 Å². The molecule has 0 saturated carbocycles. The minimum Gasteiger partial charge on any atom is -0.377 e. The van der Waals surface area contributed by atoms with E-state index < -0.39 is 0 Å². The van der Waals surface area contributed by atoms with Crippen LogP contribution in [0.3, 0.4) is 0 Å². The Hall–Kier alpha value is -2.53. The second kappa shape index (κ2) is 6.07. The van der Waals surface area contributed by atoms with Crippen molar-refractivity contribution in [3.05, 3.63) is 70.5 Å². The third-order valence-electron chi connectivity index (χ3n) is 3.40. The van der Waals surface area contributed by atoms with E-state index in [4.69, 9.17) is 4.74 Å². The molecule has 0 aliphatic carbocycles. The number of pyridine rings is 1. The molecule has 0 amide bonds. The molecule has 2 aromatic heterocycles. The number of nitrogens with zero attached hydrogens (tertiary/aromatic N) is 2. The summed E-state index contributed by atoms with van der Waals surface area (Å²) in [4.78, 5) is 16.6. The van der Waals surface area contributed by atoms with Crippen LogP contribution < -0.4 is 5.56 Å². The van der Waals surface area contributed by atoms with Gasteiger partial charge >= 0.3 is 0 Å². The van der Waals surface area contributed by atoms with Crippen LogP contribution in [0.2, 0.25) is 0 Å². The summed E-state index contributed by atoms with van der Waals surface area (Å²) in [5.74, 6) is -0.296. The zero-order valence-electron chi connectivity index (χ0n) is 12.1. The van der Waals surface area contributed by atoms with Gasteiger partial charge in [-0.25, -0.2) is 9.37 Å². The molecule has 0 aliphatic rings. The van der Waals surface area contributed by atoms with Crippen LogP contribution in [0.1, 0.15) is 12.5 Å². The van der Waals surface area contributed by atoms with E-state index >= 15 is 0 Å². The SMILES string of the molecule is CCOCc1cnc2cc(-c3cccc(F)c3)ccn2c1=O. The Morgan fingerprint density at radius 3 is 2.82 bits per heavy atom. The monoisotopic (exact) mass is 298 g/mol. The Balaban J connectivity index is 2.06. The number of ether oxygens (including phenoxy) is 1. The van der Waals surface area contributed by atoms with Gasteiger partial charge in [0.05, 0.1) is 12.2 Å². The maximum Gasteiger partial charge on any atom is 0.263 e. The fourth-order valence-electron chi connectivity index (χ4n) is 2.27. The lowest BCUT2D eigenvalue weighted by atomic mass is 10.1. The Morgan fingerprint density at radius 2 is 2.05 bits per heavy atom. The lowest BCUT2D eigenvalue weighted by Crippen LogP contribution is -2.19. The molecule has 0 N–H and O–H groups in total. The number of benzene rings is 1. The molecular formula is C17H15FN2O2. The Morgan fingerprint density at radius 1 is 1.23 bits per heavy atom. The molecule has 0 aliphatic heterocycles. The highest BCUT2D eigenvalue weighted by molar-refractivity contribution is 5.67. The van der Waals surface area contributed by atoms with E-state index in [0.29, 0.717) is 17.8 Å². The molecule has 5 heteroatoms. The van der Waals surface area contributed by atoms with Crippen molar-refractivity contribution in [2.24, 2.45) is 0 Å². The average molecular weight is 298 g/mol. The van der Waals surface area contributed by atoms with Gasteiger partial charge in [-0.2, -0.15) is 0 Å². The number of hydrogen-bond acceptors (Lipinski definition) is 3. The van der Waals surface area contributed by atoms with Crippen molar-refractivity contribution in [2.45, 2.75) is 13.5 Å². The molecule has 22 heavy (non-hydrogen) atoms. The summed E-state index contributed by atoms with van der Waals surface area (Å²) in [5.41, 5.74) is 2.44. The second-order valence-electron chi connectivity index (χ2n) is 4.88. The predicted octanol–water partition coefficient (Wildman–Crippen LogP) is 3.04. The fourth-order valence-corrected chi connectivity index (χ4v) is 2.27. The first kappa shape index (κ1) is 14.4. The average Bonchev–Trinajstić information content (AvgIpc) is 2.54. The highest BCUT2D eigenvalue weighted by Crippen LogP contribution is 2.20. The Labute approximate surface area is 126 Å². The van der Waals surface area contributed by atoms with Gasteiger partial charge in [-0.1, -0.05) is 12.1 Å². The summed E-state index contributed by atoms with van der Waals surface area (Å²) in [6.45, 7) is 2.66. The second-order valence-corrected chi connectivity index (χ2v) is 4.88. The first-order chi connectivity index (χ1) is 10.7. The van der Waals surface area contributed by atoms with Gasteiger partial charge in [0, 0.05) is 19.0 Å². The van der Waals surface area contributed by atoms with Gasteiger partial charge < -0.3 is 4.74 Å². The normalized spacial score (nSPS) is 11.0. The first-order valence-corrected chi connectivity index (χ1v) is 7.03. The molecule has 3 aromatic rings. The highest BCUT2D eigenvalue weighted by atomic mass is 19.1. The number of rotatable bonds is 4. The van der Waals surface area contributed by atoms with Crippen molar-refractivity contribution in [1.82, 2.24) is 9.38 Å². The molecule has 2 heterocycles. The molecular weight excluding hydrogens is 283 g/mol. The van der Waals surface area contributed by atoms with Crippen LogP contribution in [0.15, 0.2) is 53.6 Å². The summed E-state index contributed by atoms with van der Waals surface area (Å²) in [6.07, 6.45) is 3.18. The molecule has 4 nitrogen and oxygen atoms in total. The summed E-state index contributed by atoms with van der Waals surface area (Å²) in [6, 6.07) is 9.85. The van der Waals surface area contributed by atoms with Crippen molar-refractivity contribution >= 4 is 5.65 Å². The van der Waals surface area contributed by atoms with Crippen LogP contribution in [0.25, 0.3) is 16.8 Å². The molecule has 1 aromatic carbocycles. The maximum atomic E-state index is 13.3. The molecule has 0 bridgehead atoms. The summed E-state index contributed by atoms with van der Waals surface area (Å²) < 4.78 is 20.0. The summed E-state index contributed by atoms with van der Waals surface area (Å²) in [5, 5.41) is 0. The van der Waals surface area contributed by atoms with Gasteiger partial charge in [0.15, 0.2) is 0 Å². The van der Waals surface area contributed by atoms with E-state index in [0.717, 1.165) is 11.1 Å². The maximum absolute atomic E-state index is 13.3. The van der Waals surface area contributed by atoms with E-state index in [2.05, 4.69) is 4.98 Å². The summed E-state index contributed by atoms with van der Waals surface area (Å²) in [7, 11) is 0. The minimum atomic E-state index is -0.296. The first-order valence-electron chi connectivity index (χ1n) is 7.03. The van der Waals surface area contributed by atoms with E-state index in [-0.39, 0.29) is 18.0 Å². The third-order valence-corrected chi connectivity index (χ3v) is 3.40. The number of halogens is 1. The van der Waals surface area contributed by atoms with E-state index in [1.807, 2.05) is 13.0 Å². The molecule has 3 rings (SSSR count). The van der Waals surface area contributed by atoms with E-state index in [1.54, 1.807) is 24.4 Å². The standard InChI is InChI=1S/C17H15FN2O2/c1-2-22-11-14-10-19-16-9-13(6-7-20(16)17(14)21)12-4-3-5-15(18)8-12/h3-10H,2,11H2,1H3. The Kier molecular flexibility index (Phi) is 3.98. The minimum absolute atomic E-state index is 0.149. The van der Waals surface area contributed by atoms with Crippen molar-refractivity contribution in [3.63, 3.8) is 0 Å². The van der Waals surface area contributed by atoms with E-state index in [9.17, 15) is 9.18 Å². The van der Waals surface area contributed by atoms with Crippen molar-refractivity contribution < 1.29 is 9.13 Å². The number of fused-ring (bicyclic) bond motifs is 1. The molecule has 0 radical (unpaired) electrons. The van der Waals surface area contributed by atoms with Crippen LogP contribution >= 0.6 is 0 Å². The van der Waals surface area contributed by atoms with Gasteiger partial charge in [0.25, 0.3) is 5.56 Å². The lowest BCUT2D eigenvalue weighted by molar-refractivity contribution is 0.133. The smallest absolute Gasteiger partial charge is 0.263 e. The van der Waals surface area contributed by atoms with E-state index in [1.165, 1.54) is 22.7 Å². The van der Waals surface area contributed by atoms with Gasteiger partial charge in [-0.15, -0.1) is 0 Å². The fraction of sp³-hybridized carbons (Fsp3) is 0.176. The zero-order chi connectivity index (χ0) is 15.5. The number of aromatic nitrogens is 2. The molecule has 0 atom stereocenters. The Bertz CT molecular complexity index is 874. The lowest BCUT2D eigenvalue weighted by Gasteiger charge is -2.07. The molecule has 112 valence electrons. The topological polar surface area (TPSA) is 43.6 Å². The van der Waals surface area contributed by atoms with Crippen LogP contribution in [-0.4, -0.2) is 16.0 Å². The van der Waals surface area contributed by atoms with Crippen molar-refractivity contribution in [2.75, 3.05) is 6.61 Å². The summed E-state index contributed by atoms with van der Waals surface area (Å²) >= 11 is 0. The van der Waals surface area contributed by atoms with Crippen LogP contribution in [0.4, 0.5) is 4.39 Å². The third kappa shape index (κ3) is 2.76. The molecule has 0 fully saturated rings. The van der Waals surface area contributed by atoms with Crippen LogP contribution in [-0.2, 0) is 11.3 Å². The molecule has 0 unspecified atom stereocenters. The van der Waals surface area contributed by atoms with Gasteiger partial charge in [-0.05, 0) is 42.3 Å². The predicted molar refractivity (Wildman–Crippen MR) is 82.2 cm³/mol. The zero-order valence-corrected chi connectivity index (χ0v) is 12.1. The van der Waals surface area contributed by atoms with Crippen LogP contribution in [0.5, 0.6) is 0 Å². The van der Waals surface area contributed by atoms with Gasteiger partial charge in [0.2, 0.25) is 0 Å². The number of hydrogen-bond donors (Lipinski definition) is 0. The largest absolute Gasteiger partial charge is 0.377 e. The van der Waals surface area contributed by atoms with Gasteiger partial charge in [-0.3, -0.25) is 9.20 Å².